The monoisotopic (exact) mass is 350 g/mol. The first-order valence-electron chi connectivity index (χ1n) is 7.48. The smallest absolute Gasteiger partial charge is 0.253 e. The minimum atomic E-state index is -3.35. The fraction of sp³-hybridized carbons (Fsp3) is 0.429. The van der Waals surface area contributed by atoms with Gasteiger partial charge in [-0.25, -0.2) is 28.1 Å². The van der Waals surface area contributed by atoms with Gasteiger partial charge in [0.2, 0.25) is 16.0 Å². The van der Waals surface area contributed by atoms with Crippen molar-refractivity contribution >= 4 is 16.0 Å². The summed E-state index contributed by atoms with van der Waals surface area (Å²) in [5.74, 6) is 1.16. The van der Waals surface area contributed by atoms with E-state index in [9.17, 15) is 13.2 Å². The quantitative estimate of drug-likeness (QED) is 0.791. The van der Waals surface area contributed by atoms with Gasteiger partial charge in [-0.3, -0.25) is 9.36 Å². The molecule has 1 aliphatic heterocycles. The van der Waals surface area contributed by atoms with Crippen molar-refractivity contribution < 1.29 is 8.42 Å². The maximum atomic E-state index is 12.3. The standard InChI is InChI=1S/C14H18N6O3S/c1-24(22,23)17-9-11-8-13(21)20-7-3-6-19(10-12(20)18-11)14-15-4-2-5-16-14/h2,4-5,8,17H,3,6-7,9-10H2,1H3. The summed E-state index contributed by atoms with van der Waals surface area (Å²) in [6.07, 6.45) is 5.17. The first-order chi connectivity index (χ1) is 11.4. The van der Waals surface area contributed by atoms with Crippen molar-refractivity contribution in [3.8, 4) is 0 Å². The van der Waals surface area contributed by atoms with Crippen LogP contribution in [0.2, 0.25) is 0 Å². The summed E-state index contributed by atoms with van der Waals surface area (Å²) in [7, 11) is -3.35. The highest BCUT2D eigenvalue weighted by molar-refractivity contribution is 7.88. The first-order valence-corrected chi connectivity index (χ1v) is 9.38. The zero-order valence-electron chi connectivity index (χ0n) is 13.2. The van der Waals surface area contributed by atoms with E-state index in [1.807, 2.05) is 4.90 Å². The van der Waals surface area contributed by atoms with Crippen LogP contribution in [0.15, 0.2) is 29.3 Å². The van der Waals surface area contributed by atoms with Crippen LogP contribution in [0, 0.1) is 0 Å². The number of hydrogen-bond donors (Lipinski definition) is 1. The summed E-state index contributed by atoms with van der Waals surface area (Å²) in [6.45, 7) is 1.66. The van der Waals surface area contributed by atoms with E-state index in [4.69, 9.17) is 0 Å². The molecule has 0 saturated carbocycles. The molecule has 10 heteroatoms. The van der Waals surface area contributed by atoms with Gasteiger partial charge in [0, 0.05) is 31.5 Å². The van der Waals surface area contributed by atoms with Crippen LogP contribution in [0.25, 0.3) is 0 Å². The molecule has 1 aliphatic rings. The molecule has 0 atom stereocenters. The highest BCUT2D eigenvalue weighted by Crippen LogP contribution is 2.14. The van der Waals surface area contributed by atoms with E-state index in [-0.39, 0.29) is 12.1 Å². The van der Waals surface area contributed by atoms with Crippen LogP contribution in [0.1, 0.15) is 17.9 Å². The molecule has 3 heterocycles. The van der Waals surface area contributed by atoms with Gasteiger partial charge in [0.25, 0.3) is 5.56 Å². The predicted octanol–water partition coefficient (Wildman–Crippen LogP) is -0.507. The maximum absolute atomic E-state index is 12.3. The van der Waals surface area contributed by atoms with E-state index >= 15 is 0 Å². The van der Waals surface area contributed by atoms with E-state index < -0.39 is 10.0 Å². The van der Waals surface area contributed by atoms with Crippen molar-refractivity contribution in [3.05, 3.63) is 46.4 Å². The Labute approximate surface area is 139 Å². The Morgan fingerprint density at radius 1 is 1.25 bits per heavy atom. The van der Waals surface area contributed by atoms with Crippen LogP contribution in [-0.2, 0) is 29.7 Å². The molecule has 2 aromatic heterocycles. The van der Waals surface area contributed by atoms with Gasteiger partial charge in [-0.05, 0) is 12.5 Å². The van der Waals surface area contributed by atoms with E-state index in [0.29, 0.717) is 37.1 Å². The molecule has 0 amide bonds. The Morgan fingerprint density at radius 2 is 2.00 bits per heavy atom. The van der Waals surface area contributed by atoms with Gasteiger partial charge in [-0.2, -0.15) is 0 Å². The Kier molecular flexibility index (Phi) is 4.58. The summed E-state index contributed by atoms with van der Waals surface area (Å²) in [6, 6.07) is 3.11. The lowest BCUT2D eigenvalue weighted by Crippen LogP contribution is -2.30. The van der Waals surface area contributed by atoms with Gasteiger partial charge in [-0.1, -0.05) is 0 Å². The number of anilines is 1. The number of hydrogen-bond acceptors (Lipinski definition) is 7. The van der Waals surface area contributed by atoms with Gasteiger partial charge in [0.05, 0.1) is 25.0 Å². The highest BCUT2D eigenvalue weighted by atomic mass is 32.2. The predicted molar refractivity (Wildman–Crippen MR) is 87.9 cm³/mol. The van der Waals surface area contributed by atoms with Crippen molar-refractivity contribution in [3.63, 3.8) is 0 Å². The second-order valence-electron chi connectivity index (χ2n) is 5.57. The Bertz CT molecular complexity index is 881. The molecule has 0 fully saturated rings. The van der Waals surface area contributed by atoms with Crippen LogP contribution in [0.3, 0.4) is 0 Å². The molecule has 0 spiro atoms. The van der Waals surface area contributed by atoms with Gasteiger partial charge in [0.15, 0.2) is 0 Å². The zero-order valence-corrected chi connectivity index (χ0v) is 14.0. The molecule has 0 radical (unpaired) electrons. The van der Waals surface area contributed by atoms with Crippen LogP contribution in [-0.4, -0.2) is 40.7 Å². The van der Waals surface area contributed by atoms with E-state index in [1.165, 1.54) is 6.07 Å². The SMILES string of the molecule is CS(=O)(=O)NCc1cc(=O)n2c(n1)CN(c1ncccn1)CCC2. The molecule has 0 saturated heterocycles. The average molecular weight is 350 g/mol. The Balaban J connectivity index is 1.90. The molecule has 128 valence electrons. The number of rotatable bonds is 4. The van der Waals surface area contributed by atoms with Gasteiger partial charge in [-0.15, -0.1) is 0 Å². The molecule has 3 rings (SSSR count). The van der Waals surface area contributed by atoms with Crippen LogP contribution in [0.5, 0.6) is 0 Å². The highest BCUT2D eigenvalue weighted by Gasteiger charge is 2.19. The second kappa shape index (κ2) is 6.65. The molecule has 0 unspecified atom stereocenters. The van der Waals surface area contributed by atoms with Crippen molar-refractivity contribution in [1.29, 1.82) is 0 Å². The Morgan fingerprint density at radius 3 is 2.71 bits per heavy atom. The largest absolute Gasteiger partial charge is 0.333 e. The van der Waals surface area contributed by atoms with Gasteiger partial charge >= 0.3 is 0 Å². The molecule has 0 aromatic carbocycles. The van der Waals surface area contributed by atoms with E-state index in [1.54, 1.807) is 23.0 Å². The molecule has 0 bridgehead atoms. The lowest BCUT2D eigenvalue weighted by atomic mass is 10.3. The summed E-state index contributed by atoms with van der Waals surface area (Å²) in [5, 5.41) is 0. The fourth-order valence-electron chi connectivity index (χ4n) is 2.56. The third-order valence-corrected chi connectivity index (χ3v) is 4.30. The lowest BCUT2D eigenvalue weighted by molar-refractivity contribution is 0.583. The van der Waals surface area contributed by atoms with Crippen molar-refractivity contribution in [1.82, 2.24) is 24.2 Å². The van der Waals surface area contributed by atoms with E-state index in [2.05, 4.69) is 19.7 Å². The molecule has 24 heavy (non-hydrogen) atoms. The third kappa shape index (κ3) is 3.95. The number of sulfonamides is 1. The van der Waals surface area contributed by atoms with Crippen molar-refractivity contribution in [2.75, 3.05) is 17.7 Å². The number of fused-ring (bicyclic) bond motifs is 1. The summed E-state index contributed by atoms with van der Waals surface area (Å²) in [4.78, 5) is 27.2. The molecule has 2 aromatic rings. The zero-order chi connectivity index (χ0) is 17.2. The number of aromatic nitrogens is 4. The van der Waals surface area contributed by atoms with Crippen LogP contribution >= 0.6 is 0 Å². The second-order valence-corrected chi connectivity index (χ2v) is 7.40. The number of nitrogens with zero attached hydrogens (tertiary/aromatic N) is 5. The lowest BCUT2D eigenvalue weighted by Gasteiger charge is -2.19. The number of nitrogens with one attached hydrogen (secondary N) is 1. The average Bonchev–Trinajstić information content (AvgIpc) is 2.76. The fourth-order valence-corrected chi connectivity index (χ4v) is 2.97. The summed E-state index contributed by atoms with van der Waals surface area (Å²) >= 11 is 0. The van der Waals surface area contributed by atoms with Crippen LogP contribution < -0.4 is 15.2 Å². The molecule has 9 nitrogen and oxygen atoms in total. The van der Waals surface area contributed by atoms with Crippen molar-refractivity contribution in [2.24, 2.45) is 0 Å². The summed E-state index contributed by atoms with van der Waals surface area (Å²) in [5.41, 5.74) is 0.216. The van der Waals surface area contributed by atoms with E-state index in [0.717, 1.165) is 12.7 Å². The first kappa shape index (κ1) is 16.5. The minimum Gasteiger partial charge on any atom is -0.333 e. The maximum Gasteiger partial charge on any atom is 0.253 e. The minimum absolute atomic E-state index is 0.0102. The molecular weight excluding hydrogens is 332 g/mol. The summed E-state index contributed by atoms with van der Waals surface area (Å²) < 4.78 is 26.4. The van der Waals surface area contributed by atoms with Gasteiger partial charge in [0.1, 0.15) is 5.82 Å². The normalized spacial score (nSPS) is 15.0. The van der Waals surface area contributed by atoms with Crippen LogP contribution in [0.4, 0.5) is 5.95 Å². The van der Waals surface area contributed by atoms with Crippen molar-refractivity contribution in [2.45, 2.75) is 26.1 Å². The topological polar surface area (TPSA) is 110 Å². The third-order valence-electron chi connectivity index (χ3n) is 3.63. The Hall–Kier alpha value is -2.33. The van der Waals surface area contributed by atoms with Gasteiger partial charge < -0.3 is 4.90 Å². The molecule has 0 aliphatic carbocycles. The molecular formula is C14H18N6O3S. The molecule has 1 N–H and O–H groups in total.